The molecule has 0 radical (unpaired) electrons. The van der Waals surface area contributed by atoms with Crippen LogP contribution >= 0.6 is 11.6 Å². The second-order valence-electron chi connectivity index (χ2n) is 6.80. The van der Waals surface area contributed by atoms with Crippen molar-refractivity contribution in [1.29, 1.82) is 0 Å². The molecule has 2 unspecified atom stereocenters. The average molecular weight is 406 g/mol. The number of nitrogens with zero attached hydrogens (tertiary/aromatic N) is 5. The molecule has 0 spiro atoms. The minimum atomic E-state index is -0.509. The summed E-state index contributed by atoms with van der Waals surface area (Å²) in [5.74, 6) is 7.25. The van der Waals surface area contributed by atoms with E-state index in [0.29, 0.717) is 17.4 Å². The molecule has 4 aromatic rings. The third-order valence-corrected chi connectivity index (χ3v) is 5.14. The van der Waals surface area contributed by atoms with Gasteiger partial charge in [0.25, 0.3) is 5.78 Å². The second kappa shape index (κ2) is 7.01. The molecule has 2 aromatic heterocycles. The number of aromatic nitrogens is 4. The molecule has 5 rings (SSSR count). The lowest BCUT2D eigenvalue weighted by Crippen LogP contribution is -2.43. The number of aliphatic hydroxyl groups is 1. The molecule has 0 bridgehead atoms. The van der Waals surface area contributed by atoms with E-state index >= 15 is 0 Å². The van der Waals surface area contributed by atoms with Crippen LogP contribution < -0.4 is 4.90 Å². The summed E-state index contributed by atoms with van der Waals surface area (Å²) in [7, 11) is 1.94. The van der Waals surface area contributed by atoms with Crippen molar-refractivity contribution < 1.29 is 9.84 Å². The van der Waals surface area contributed by atoms with Crippen molar-refractivity contribution in [2.75, 3.05) is 18.6 Å². The minimum absolute atomic E-state index is 0.343. The van der Waals surface area contributed by atoms with E-state index < -0.39 is 12.2 Å². The van der Waals surface area contributed by atoms with Gasteiger partial charge in [-0.15, -0.1) is 10.2 Å². The van der Waals surface area contributed by atoms with Crippen molar-refractivity contribution in [3.63, 3.8) is 0 Å². The van der Waals surface area contributed by atoms with E-state index in [0.717, 1.165) is 28.0 Å². The molecule has 29 heavy (non-hydrogen) atoms. The summed E-state index contributed by atoms with van der Waals surface area (Å²) >= 11 is 6.21. The third-order valence-electron chi connectivity index (χ3n) is 4.90. The Bertz CT molecular complexity index is 1290. The quantitative estimate of drug-likeness (QED) is 0.517. The maximum atomic E-state index is 9.60. The zero-order valence-electron chi connectivity index (χ0n) is 15.5. The summed E-state index contributed by atoms with van der Waals surface area (Å²) in [6.45, 7) is 0.343. The topological polar surface area (TPSA) is 75.8 Å². The monoisotopic (exact) mass is 405 g/mol. The number of rotatable bonds is 2. The summed E-state index contributed by atoms with van der Waals surface area (Å²) in [5.41, 5.74) is 2.62. The molecule has 8 heteroatoms. The first-order valence-electron chi connectivity index (χ1n) is 9.04. The van der Waals surface area contributed by atoms with E-state index in [1.165, 1.54) is 0 Å². The normalized spacial score (nSPS) is 18.3. The van der Waals surface area contributed by atoms with Crippen molar-refractivity contribution in [2.24, 2.45) is 0 Å². The number of benzene rings is 2. The van der Waals surface area contributed by atoms with Crippen LogP contribution in [0, 0.1) is 11.8 Å². The SMILES string of the molecule is CN(c1cccc(C#CC2OCC2O)c1)c1nc2nncn2c2cc(Cl)ccc12. The van der Waals surface area contributed by atoms with Crippen molar-refractivity contribution in [2.45, 2.75) is 12.2 Å². The Morgan fingerprint density at radius 1 is 1.28 bits per heavy atom. The molecule has 3 heterocycles. The van der Waals surface area contributed by atoms with Crippen LogP contribution in [0.15, 0.2) is 48.8 Å². The highest BCUT2D eigenvalue weighted by molar-refractivity contribution is 6.31. The van der Waals surface area contributed by atoms with Gasteiger partial charge < -0.3 is 14.7 Å². The van der Waals surface area contributed by atoms with Crippen LogP contribution in [-0.4, -0.2) is 50.6 Å². The number of aliphatic hydroxyl groups excluding tert-OH is 1. The fourth-order valence-corrected chi connectivity index (χ4v) is 3.43. The molecule has 1 fully saturated rings. The lowest BCUT2D eigenvalue weighted by molar-refractivity contribution is -0.132. The van der Waals surface area contributed by atoms with E-state index in [2.05, 4.69) is 27.0 Å². The van der Waals surface area contributed by atoms with Crippen LogP contribution in [0.3, 0.4) is 0 Å². The lowest BCUT2D eigenvalue weighted by atomic mass is 10.1. The van der Waals surface area contributed by atoms with E-state index in [1.54, 1.807) is 6.33 Å². The first kappa shape index (κ1) is 17.9. The predicted molar refractivity (Wildman–Crippen MR) is 110 cm³/mol. The fraction of sp³-hybridized carbons (Fsp3) is 0.190. The van der Waals surface area contributed by atoms with E-state index in [1.807, 2.05) is 58.8 Å². The van der Waals surface area contributed by atoms with E-state index in [9.17, 15) is 5.11 Å². The Labute approximate surface area is 171 Å². The van der Waals surface area contributed by atoms with Crippen LogP contribution in [0.5, 0.6) is 0 Å². The van der Waals surface area contributed by atoms with Crippen LogP contribution in [0.1, 0.15) is 5.56 Å². The molecule has 1 saturated heterocycles. The minimum Gasteiger partial charge on any atom is -0.387 e. The molecule has 1 aliphatic rings. The molecule has 7 nitrogen and oxygen atoms in total. The summed E-state index contributed by atoms with van der Waals surface area (Å²) in [6.07, 6.45) is 0.700. The van der Waals surface area contributed by atoms with Crippen LogP contribution in [0.25, 0.3) is 16.7 Å². The molecule has 0 aliphatic carbocycles. The molecule has 144 valence electrons. The van der Waals surface area contributed by atoms with Gasteiger partial charge in [0.2, 0.25) is 0 Å². The highest BCUT2D eigenvalue weighted by Crippen LogP contribution is 2.31. The van der Waals surface area contributed by atoms with E-state index in [4.69, 9.17) is 16.3 Å². The largest absolute Gasteiger partial charge is 0.387 e. The Morgan fingerprint density at radius 2 is 2.17 bits per heavy atom. The first-order chi connectivity index (χ1) is 14.1. The summed E-state index contributed by atoms with van der Waals surface area (Å²) < 4.78 is 7.04. The van der Waals surface area contributed by atoms with Crippen molar-refractivity contribution in [3.05, 3.63) is 59.4 Å². The number of hydrogen-bond donors (Lipinski definition) is 1. The van der Waals surface area contributed by atoms with Crippen LogP contribution in [0.2, 0.25) is 5.02 Å². The smallest absolute Gasteiger partial charge is 0.257 e. The molecular weight excluding hydrogens is 390 g/mol. The van der Waals surface area contributed by atoms with Crippen molar-refractivity contribution >= 4 is 39.8 Å². The van der Waals surface area contributed by atoms with Gasteiger partial charge in [0.1, 0.15) is 24.4 Å². The van der Waals surface area contributed by atoms with Gasteiger partial charge in [0, 0.05) is 28.7 Å². The number of fused-ring (bicyclic) bond motifs is 3. The van der Waals surface area contributed by atoms with Gasteiger partial charge in [-0.25, -0.2) is 0 Å². The third kappa shape index (κ3) is 3.17. The molecule has 2 atom stereocenters. The van der Waals surface area contributed by atoms with Crippen LogP contribution in [0.4, 0.5) is 11.5 Å². The zero-order valence-corrected chi connectivity index (χ0v) is 16.2. The highest BCUT2D eigenvalue weighted by atomic mass is 35.5. The van der Waals surface area contributed by atoms with Gasteiger partial charge in [-0.05, 0) is 36.4 Å². The number of hydrogen-bond acceptors (Lipinski definition) is 6. The zero-order chi connectivity index (χ0) is 20.0. The molecule has 0 amide bonds. The predicted octanol–water partition coefficient (Wildman–Crippen LogP) is 2.81. The van der Waals surface area contributed by atoms with Gasteiger partial charge in [-0.3, -0.25) is 4.40 Å². The molecule has 0 saturated carbocycles. The van der Waals surface area contributed by atoms with Gasteiger partial charge >= 0.3 is 0 Å². The van der Waals surface area contributed by atoms with Gasteiger partial charge in [0.15, 0.2) is 0 Å². The lowest BCUT2D eigenvalue weighted by Gasteiger charge is -2.28. The Hall–Kier alpha value is -3.18. The average Bonchev–Trinajstić information content (AvgIpc) is 3.21. The fourth-order valence-electron chi connectivity index (χ4n) is 3.26. The number of ether oxygens (including phenoxy) is 1. The second-order valence-corrected chi connectivity index (χ2v) is 7.23. The summed E-state index contributed by atoms with van der Waals surface area (Å²) in [6, 6.07) is 13.5. The Kier molecular flexibility index (Phi) is 4.32. The standard InChI is InChI=1S/C21H16ClN5O2/c1-26(15-4-2-3-13(9-15)5-8-19-18(28)11-29-19)20-16-7-6-14(22)10-17(16)27-12-23-25-21(27)24-20/h2-4,6-7,9-10,12,18-19,28H,11H2,1H3. The number of halogens is 1. The summed E-state index contributed by atoms with van der Waals surface area (Å²) in [4.78, 5) is 6.67. The maximum absolute atomic E-state index is 9.60. The van der Waals surface area contributed by atoms with Crippen molar-refractivity contribution in [3.8, 4) is 11.8 Å². The molecular formula is C21H16ClN5O2. The molecule has 1 N–H and O–H groups in total. The van der Waals surface area contributed by atoms with Crippen molar-refractivity contribution in [1.82, 2.24) is 19.6 Å². The highest BCUT2D eigenvalue weighted by Gasteiger charge is 2.27. The Morgan fingerprint density at radius 3 is 2.97 bits per heavy atom. The summed E-state index contributed by atoms with van der Waals surface area (Å²) in [5, 5.41) is 19.2. The number of anilines is 2. The first-order valence-corrected chi connectivity index (χ1v) is 9.42. The van der Waals surface area contributed by atoms with Gasteiger partial charge in [-0.2, -0.15) is 4.98 Å². The maximum Gasteiger partial charge on any atom is 0.257 e. The Balaban J connectivity index is 1.57. The van der Waals surface area contributed by atoms with Crippen LogP contribution in [-0.2, 0) is 4.74 Å². The molecule has 2 aromatic carbocycles. The van der Waals surface area contributed by atoms with E-state index in [-0.39, 0.29) is 0 Å². The van der Waals surface area contributed by atoms with Gasteiger partial charge in [0.05, 0.1) is 12.1 Å². The van der Waals surface area contributed by atoms with Gasteiger partial charge in [-0.1, -0.05) is 29.5 Å². The molecule has 1 aliphatic heterocycles.